The van der Waals surface area contributed by atoms with Gasteiger partial charge in [-0.05, 0) is 67.8 Å². The molecule has 4 aliphatic rings. The Morgan fingerprint density at radius 1 is 1.12 bits per heavy atom. The van der Waals surface area contributed by atoms with Crippen molar-refractivity contribution >= 4 is 29.4 Å². The van der Waals surface area contributed by atoms with Crippen LogP contribution in [0.2, 0.25) is 0 Å². The van der Waals surface area contributed by atoms with Crippen molar-refractivity contribution in [3.8, 4) is 0 Å². The van der Waals surface area contributed by atoms with Gasteiger partial charge in [0.2, 0.25) is 11.7 Å². The smallest absolute Gasteiger partial charge is 0.333 e. The Morgan fingerprint density at radius 2 is 1.81 bits per heavy atom. The molecule has 3 fully saturated rings. The lowest BCUT2D eigenvalue weighted by Crippen LogP contribution is -2.62. The van der Waals surface area contributed by atoms with Crippen LogP contribution in [0.1, 0.15) is 85.5 Å². The van der Waals surface area contributed by atoms with E-state index in [0.29, 0.717) is 19.3 Å². The fourth-order valence-electron chi connectivity index (χ4n) is 8.55. The number of carboxylic acids is 1. The molecule has 4 rings (SSSR count). The third kappa shape index (κ3) is 5.55. The van der Waals surface area contributed by atoms with E-state index in [1.807, 2.05) is 6.92 Å². The lowest BCUT2D eigenvalue weighted by Gasteiger charge is -2.60. The number of carboxylic acid groups (broad SMARTS) is 1. The monoisotopic (exact) mass is 591 g/mol. The Labute approximate surface area is 246 Å². The second-order valence-electron chi connectivity index (χ2n) is 14.1. The van der Waals surface area contributed by atoms with Crippen LogP contribution in [0, 0.1) is 34.0 Å². The molecule has 1 amide bonds. The molecule has 0 spiro atoms. The average molecular weight is 592 g/mol. The maximum atomic E-state index is 13.4. The second kappa shape index (κ2) is 11.5. The summed E-state index contributed by atoms with van der Waals surface area (Å²) in [6.45, 7) is 6.19. The lowest BCUT2D eigenvalue weighted by atomic mass is 9.45. The number of Topliss-reactive ketones (excluding diaryl/α,β-unsaturated/α-hetero) is 1. The first-order chi connectivity index (χ1) is 19.5. The molecule has 3 saturated carbocycles. The van der Waals surface area contributed by atoms with E-state index in [0.717, 1.165) is 18.4 Å². The molecule has 0 unspecified atom stereocenters. The van der Waals surface area contributed by atoms with Crippen molar-refractivity contribution in [3.05, 3.63) is 11.6 Å². The number of nitrogens with one attached hydrogen (secondary N) is 1. The standard InChI is InChI=1S/C31H45NO10/c1-28(2,26(38)27(39)40)16-32-23(36)7-8-24(37)42-15-22(35)31(41)12-10-20-19-6-5-17-13-18(33)9-11-29(17,3)25(19)21(34)14-30(20,31)4/h13,19-21,25-26,34,38,41H,5-12,14-16H2,1-4H3,(H,32,36)(H,39,40)/t19-,20-,21+,25+,26+,29-,30-,31-/m0/s1. The molecule has 0 aromatic carbocycles. The number of aliphatic hydroxyl groups is 3. The number of carbonyl (C=O) groups is 5. The number of amides is 1. The van der Waals surface area contributed by atoms with Crippen LogP contribution in [0.4, 0.5) is 0 Å². The van der Waals surface area contributed by atoms with Gasteiger partial charge in [0.1, 0.15) is 5.60 Å². The van der Waals surface area contributed by atoms with Gasteiger partial charge >= 0.3 is 11.9 Å². The van der Waals surface area contributed by atoms with Gasteiger partial charge in [0.05, 0.1) is 12.5 Å². The predicted octanol–water partition coefficient (Wildman–Crippen LogP) is 1.70. The minimum absolute atomic E-state index is 0.000790. The minimum atomic E-state index is -1.77. The number of fused-ring (bicyclic) bond motifs is 5. The van der Waals surface area contributed by atoms with Gasteiger partial charge in [0.25, 0.3) is 0 Å². The molecule has 0 aromatic rings. The maximum absolute atomic E-state index is 13.4. The Bertz CT molecular complexity index is 1180. The van der Waals surface area contributed by atoms with E-state index >= 15 is 0 Å². The Balaban J connectivity index is 1.33. The first-order valence-electron chi connectivity index (χ1n) is 15.0. The Kier molecular flexibility index (Phi) is 8.81. The fraction of sp³-hybridized carbons (Fsp3) is 0.774. The Hall–Kier alpha value is -2.63. The summed E-state index contributed by atoms with van der Waals surface area (Å²) in [5, 5.41) is 44.5. The van der Waals surface area contributed by atoms with Crippen molar-refractivity contribution in [1.82, 2.24) is 5.32 Å². The van der Waals surface area contributed by atoms with E-state index < -0.39 is 58.9 Å². The summed E-state index contributed by atoms with van der Waals surface area (Å²) in [4.78, 5) is 61.0. The van der Waals surface area contributed by atoms with E-state index in [9.17, 15) is 39.3 Å². The number of allylic oxidation sites excluding steroid dienone is 1. The average Bonchev–Trinajstić information content (AvgIpc) is 3.19. The fourth-order valence-corrected chi connectivity index (χ4v) is 8.55. The van der Waals surface area contributed by atoms with Gasteiger partial charge in [0, 0.05) is 30.2 Å². The van der Waals surface area contributed by atoms with Crippen LogP contribution < -0.4 is 5.32 Å². The largest absolute Gasteiger partial charge is 0.479 e. The number of rotatable bonds is 10. The van der Waals surface area contributed by atoms with E-state index in [2.05, 4.69) is 12.2 Å². The number of aliphatic hydroxyl groups excluding tert-OH is 2. The van der Waals surface area contributed by atoms with Crippen molar-refractivity contribution in [2.24, 2.45) is 34.0 Å². The maximum Gasteiger partial charge on any atom is 0.333 e. The highest BCUT2D eigenvalue weighted by Gasteiger charge is 2.68. The van der Waals surface area contributed by atoms with Gasteiger partial charge in [-0.25, -0.2) is 4.79 Å². The van der Waals surface area contributed by atoms with Crippen LogP contribution in [0.15, 0.2) is 11.6 Å². The van der Waals surface area contributed by atoms with Crippen molar-refractivity contribution in [3.63, 3.8) is 0 Å². The topological polar surface area (TPSA) is 188 Å². The molecule has 8 atom stereocenters. The molecule has 0 aliphatic heterocycles. The molecule has 234 valence electrons. The highest BCUT2D eigenvalue weighted by molar-refractivity contribution is 5.92. The zero-order chi connectivity index (χ0) is 31.3. The molecule has 4 aliphatic carbocycles. The van der Waals surface area contributed by atoms with Crippen molar-refractivity contribution in [2.75, 3.05) is 13.2 Å². The predicted molar refractivity (Wildman–Crippen MR) is 149 cm³/mol. The Morgan fingerprint density at radius 3 is 2.48 bits per heavy atom. The molecule has 11 heteroatoms. The van der Waals surface area contributed by atoms with Crippen LogP contribution in [-0.4, -0.2) is 80.8 Å². The van der Waals surface area contributed by atoms with Crippen molar-refractivity contribution < 1.29 is 49.1 Å². The first-order valence-corrected chi connectivity index (χ1v) is 15.0. The van der Waals surface area contributed by atoms with Crippen LogP contribution in [0.3, 0.4) is 0 Å². The molecule has 0 aromatic heterocycles. The molecule has 0 bridgehead atoms. The highest BCUT2D eigenvalue weighted by Crippen LogP contribution is 2.67. The summed E-state index contributed by atoms with van der Waals surface area (Å²) >= 11 is 0. The summed E-state index contributed by atoms with van der Waals surface area (Å²) < 4.78 is 5.15. The summed E-state index contributed by atoms with van der Waals surface area (Å²) in [5.74, 6) is -3.18. The molecule has 0 saturated heterocycles. The van der Waals surface area contributed by atoms with Gasteiger partial charge in [-0.3, -0.25) is 19.2 Å². The zero-order valence-corrected chi connectivity index (χ0v) is 25.0. The van der Waals surface area contributed by atoms with Crippen LogP contribution in [-0.2, 0) is 28.7 Å². The summed E-state index contributed by atoms with van der Waals surface area (Å²) in [5.41, 5.74) is -2.97. The number of aliphatic carboxylic acids is 1. The minimum Gasteiger partial charge on any atom is -0.479 e. The molecule has 11 nitrogen and oxygen atoms in total. The van der Waals surface area contributed by atoms with Gasteiger partial charge in [-0.2, -0.15) is 0 Å². The van der Waals surface area contributed by atoms with Gasteiger partial charge < -0.3 is 30.5 Å². The number of ether oxygens (including phenoxy) is 1. The second-order valence-corrected chi connectivity index (χ2v) is 14.1. The third-order valence-electron chi connectivity index (χ3n) is 11.1. The summed E-state index contributed by atoms with van der Waals surface area (Å²) in [6.07, 6.45) is 2.50. The molecule has 42 heavy (non-hydrogen) atoms. The number of hydrogen-bond donors (Lipinski definition) is 5. The number of hydrogen-bond acceptors (Lipinski definition) is 9. The number of carbonyl (C=O) groups excluding carboxylic acids is 4. The van der Waals surface area contributed by atoms with Gasteiger partial charge in [-0.15, -0.1) is 0 Å². The molecule has 0 heterocycles. The van der Waals surface area contributed by atoms with Crippen molar-refractivity contribution in [1.29, 1.82) is 0 Å². The molecular weight excluding hydrogens is 546 g/mol. The highest BCUT2D eigenvalue weighted by atomic mass is 16.5. The quantitative estimate of drug-likeness (QED) is 0.234. The van der Waals surface area contributed by atoms with E-state index in [4.69, 9.17) is 9.84 Å². The lowest BCUT2D eigenvalue weighted by molar-refractivity contribution is -0.184. The van der Waals surface area contributed by atoms with E-state index in [1.165, 1.54) is 13.8 Å². The number of ketones is 2. The van der Waals surface area contributed by atoms with Crippen LogP contribution >= 0.6 is 0 Å². The molecular formula is C31H45NO10. The number of esters is 1. The molecule has 0 radical (unpaired) electrons. The third-order valence-corrected chi connectivity index (χ3v) is 11.1. The van der Waals surface area contributed by atoms with E-state index in [-0.39, 0.29) is 61.2 Å². The van der Waals surface area contributed by atoms with Crippen LogP contribution in [0.5, 0.6) is 0 Å². The van der Waals surface area contributed by atoms with Crippen LogP contribution in [0.25, 0.3) is 0 Å². The summed E-state index contributed by atoms with van der Waals surface area (Å²) in [6, 6.07) is 0. The molecule has 5 N–H and O–H groups in total. The SMILES string of the molecule is CC(C)(CNC(=O)CCC(=O)OCC(=O)[C@@]1(O)CC[C@H]2[C@@H]3CCC4=CC(=O)CC[C@]4(C)[C@H]3[C@H](O)C[C@@]21C)[C@H](O)C(=O)O. The zero-order valence-electron chi connectivity index (χ0n) is 25.0. The van der Waals surface area contributed by atoms with Gasteiger partial charge in [-0.1, -0.05) is 33.3 Å². The summed E-state index contributed by atoms with van der Waals surface area (Å²) in [7, 11) is 0. The van der Waals surface area contributed by atoms with Crippen molar-refractivity contribution in [2.45, 2.75) is 103 Å². The first kappa shape index (κ1) is 32.3. The van der Waals surface area contributed by atoms with E-state index in [1.54, 1.807) is 6.08 Å². The normalized spacial score (nSPS) is 36.5. The van der Waals surface area contributed by atoms with Gasteiger partial charge in [0.15, 0.2) is 18.5 Å².